The first-order valence-corrected chi connectivity index (χ1v) is 10.3. The predicted molar refractivity (Wildman–Crippen MR) is 113 cm³/mol. The number of nitrogens with two attached hydrogens (primary N) is 1. The van der Waals surface area contributed by atoms with Crippen LogP contribution in [0.1, 0.15) is 51.6 Å². The number of rotatable bonds is 7. The molecule has 2 aromatic heterocycles. The maximum absolute atomic E-state index is 6.52. The third kappa shape index (κ3) is 4.15. The van der Waals surface area contributed by atoms with Gasteiger partial charge >= 0.3 is 0 Å². The van der Waals surface area contributed by atoms with Crippen molar-refractivity contribution in [1.82, 2.24) is 14.6 Å². The molecule has 3 aromatic rings. The topological polar surface area (TPSA) is 65.4 Å². The van der Waals surface area contributed by atoms with Crippen molar-refractivity contribution in [2.45, 2.75) is 51.5 Å². The van der Waals surface area contributed by atoms with Crippen molar-refractivity contribution in [2.75, 3.05) is 6.61 Å². The van der Waals surface area contributed by atoms with Crippen LogP contribution in [0.3, 0.4) is 0 Å². The highest BCUT2D eigenvalue weighted by atomic mass is 35.5. The number of ether oxygens (including phenoxy) is 1. The zero-order chi connectivity index (χ0) is 19.9. The molecule has 148 valence electrons. The summed E-state index contributed by atoms with van der Waals surface area (Å²) in [6.07, 6.45) is 5.13. The monoisotopic (exact) mass is 398 g/mol. The SMILES string of the molecule is CC(C)CC(C)(N)COc1ccc(-c2ccnc3cc(C4CC4)nn23)cc1Cl. The van der Waals surface area contributed by atoms with Gasteiger partial charge in [-0.3, -0.25) is 0 Å². The van der Waals surface area contributed by atoms with Gasteiger partial charge in [0.05, 0.1) is 16.4 Å². The van der Waals surface area contributed by atoms with E-state index in [0.717, 1.165) is 29.0 Å². The quantitative estimate of drug-likeness (QED) is 0.603. The van der Waals surface area contributed by atoms with Gasteiger partial charge in [-0.25, -0.2) is 9.50 Å². The lowest BCUT2D eigenvalue weighted by atomic mass is 9.93. The number of hydrogen-bond acceptors (Lipinski definition) is 4. The highest BCUT2D eigenvalue weighted by molar-refractivity contribution is 6.32. The van der Waals surface area contributed by atoms with Crippen molar-refractivity contribution in [1.29, 1.82) is 0 Å². The van der Waals surface area contributed by atoms with E-state index in [9.17, 15) is 0 Å². The van der Waals surface area contributed by atoms with Crippen LogP contribution in [0, 0.1) is 5.92 Å². The molecule has 0 amide bonds. The Labute approximate surface area is 170 Å². The molecule has 2 heterocycles. The van der Waals surface area contributed by atoms with Crippen molar-refractivity contribution < 1.29 is 4.74 Å². The zero-order valence-corrected chi connectivity index (χ0v) is 17.4. The second-order valence-electron chi connectivity index (χ2n) is 8.63. The fraction of sp³-hybridized carbons (Fsp3) is 0.455. The molecule has 1 saturated carbocycles. The Morgan fingerprint density at radius 2 is 2.07 bits per heavy atom. The number of fused-ring (bicyclic) bond motifs is 1. The van der Waals surface area contributed by atoms with Crippen molar-refractivity contribution in [3.05, 3.63) is 47.2 Å². The van der Waals surface area contributed by atoms with Gasteiger partial charge in [0.1, 0.15) is 12.4 Å². The molecule has 6 heteroatoms. The Bertz CT molecular complexity index is 991. The largest absolute Gasteiger partial charge is 0.490 e. The van der Waals surface area contributed by atoms with E-state index in [2.05, 4.69) is 24.9 Å². The molecule has 0 bridgehead atoms. The molecular formula is C22H27ClN4O. The van der Waals surface area contributed by atoms with E-state index >= 15 is 0 Å². The van der Waals surface area contributed by atoms with E-state index < -0.39 is 0 Å². The average Bonchev–Trinajstić information content (AvgIpc) is 3.38. The van der Waals surface area contributed by atoms with Crippen molar-refractivity contribution in [2.24, 2.45) is 11.7 Å². The van der Waals surface area contributed by atoms with Crippen molar-refractivity contribution in [3.8, 4) is 17.0 Å². The summed E-state index contributed by atoms with van der Waals surface area (Å²) >= 11 is 6.52. The van der Waals surface area contributed by atoms with E-state index in [-0.39, 0.29) is 5.54 Å². The third-order valence-electron chi connectivity index (χ3n) is 5.03. The molecule has 28 heavy (non-hydrogen) atoms. The molecule has 0 radical (unpaired) electrons. The van der Waals surface area contributed by atoms with Gasteiger partial charge in [-0.2, -0.15) is 5.10 Å². The highest BCUT2D eigenvalue weighted by Gasteiger charge is 2.27. The van der Waals surface area contributed by atoms with E-state index in [1.165, 1.54) is 12.8 Å². The molecule has 0 saturated heterocycles. The van der Waals surface area contributed by atoms with Crippen LogP contribution in [0.15, 0.2) is 36.5 Å². The number of hydrogen-bond donors (Lipinski definition) is 1. The fourth-order valence-corrected chi connectivity index (χ4v) is 3.96. The normalized spacial score (nSPS) is 16.5. The molecule has 0 aliphatic heterocycles. The molecule has 1 unspecified atom stereocenters. The lowest BCUT2D eigenvalue weighted by Gasteiger charge is -2.26. The van der Waals surface area contributed by atoms with Gasteiger partial charge in [0.2, 0.25) is 0 Å². The molecule has 2 N–H and O–H groups in total. The average molecular weight is 399 g/mol. The maximum atomic E-state index is 6.52. The van der Waals surface area contributed by atoms with Gasteiger partial charge in [0.25, 0.3) is 0 Å². The van der Waals surface area contributed by atoms with Crippen LogP contribution < -0.4 is 10.5 Å². The van der Waals surface area contributed by atoms with E-state index in [1.807, 2.05) is 41.9 Å². The summed E-state index contributed by atoms with van der Waals surface area (Å²) in [4.78, 5) is 4.45. The molecule has 1 aromatic carbocycles. The standard InChI is InChI=1S/C22H27ClN4O/c1-14(2)12-22(3,24)13-28-20-7-6-16(10-17(20)23)19-8-9-25-21-11-18(15-4-5-15)26-27(19)21/h6-11,14-15H,4-5,12-13,24H2,1-3H3. The molecule has 1 aliphatic rings. The lowest BCUT2D eigenvalue weighted by Crippen LogP contribution is -2.43. The van der Waals surface area contributed by atoms with E-state index in [4.69, 9.17) is 27.2 Å². The van der Waals surface area contributed by atoms with Crippen LogP contribution in [-0.4, -0.2) is 26.7 Å². The molecule has 4 rings (SSSR count). The first-order chi connectivity index (χ1) is 13.3. The summed E-state index contributed by atoms with van der Waals surface area (Å²) in [5.41, 5.74) is 9.89. The van der Waals surface area contributed by atoms with Crippen LogP contribution in [0.5, 0.6) is 5.75 Å². The minimum absolute atomic E-state index is 0.387. The van der Waals surface area contributed by atoms with Gasteiger partial charge in [-0.15, -0.1) is 0 Å². The summed E-state index contributed by atoms with van der Waals surface area (Å²) in [6.45, 7) is 6.75. The van der Waals surface area contributed by atoms with Gasteiger partial charge in [-0.05, 0) is 56.4 Å². The Morgan fingerprint density at radius 3 is 2.75 bits per heavy atom. The van der Waals surface area contributed by atoms with Gasteiger partial charge in [0, 0.05) is 29.3 Å². The smallest absolute Gasteiger partial charge is 0.155 e. The van der Waals surface area contributed by atoms with Gasteiger partial charge in [0.15, 0.2) is 5.65 Å². The van der Waals surface area contributed by atoms with E-state index in [0.29, 0.717) is 29.2 Å². The number of benzene rings is 1. The third-order valence-corrected chi connectivity index (χ3v) is 5.33. The maximum Gasteiger partial charge on any atom is 0.155 e. The molecular weight excluding hydrogens is 372 g/mol. The Hall–Kier alpha value is -2.11. The molecule has 5 nitrogen and oxygen atoms in total. The van der Waals surface area contributed by atoms with Crippen LogP contribution >= 0.6 is 11.6 Å². The van der Waals surface area contributed by atoms with E-state index in [1.54, 1.807) is 0 Å². The number of aromatic nitrogens is 3. The van der Waals surface area contributed by atoms with Gasteiger partial charge in [-0.1, -0.05) is 25.4 Å². The lowest BCUT2D eigenvalue weighted by molar-refractivity contribution is 0.207. The van der Waals surface area contributed by atoms with Crippen LogP contribution in [-0.2, 0) is 0 Å². The molecule has 1 atom stereocenters. The molecule has 1 aliphatic carbocycles. The predicted octanol–water partition coefficient (Wildman–Crippen LogP) is 5.07. The fourth-order valence-electron chi connectivity index (χ4n) is 3.72. The minimum Gasteiger partial charge on any atom is -0.490 e. The van der Waals surface area contributed by atoms with Crippen molar-refractivity contribution >= 4 is 17.2 Å². The van der Waals surface area contributed by atoms with Crippen LogP contribution in [0.4, 0.5) is 0 Å². The highest BCUT2D eigenvalue weighted by Crippen LogP contribution is 2.40. The van der Waals surface area contributed by atoms with Crippen molar-refractivity contribution in [3.63, 3.8) is 0 Å². The molecule has 1 fully saturated rings. The first kappa shape index (κ1) is 19.2. The zero-order valence-electron chi connectivity index (χ0n) is 16.7. The number of halogens is 1. The number of nitrogens with zero attached hydrogens (tertiary/aromatic N) is 3. The Balaban J connectivity index is 1.57. The first-order valence-electron chi connectivity index (χ1n) is 9.89. The summed E-state index contributed by atoms with van der Waals surface area (Å²) in [5.74, 6) is 1.75. The van der Waals surface area contributed by atoms with Crippen LogP contribution in [0.25, 0.3) is 16.9 Å². The van der Waals surface area contributed by atoms with Gasteiger partial charge < -0.3 is 10.5 Å². The van der Waals surface area contributed by atoms with Crippen LogP contribution in [0.2, 0.25) is 5.02 Å². The Morgan fingerprint density at radius 1 is 1.29 bits per heavy atom. The second-order valence-corrected chi connectivity index (χ2v) is 9.04. The summed E-state index contributed by atoms with van der Waals surface area (Å²) in [6, 6.07) is 9.87. The second kappa shape index (κ2) is 7.37. The molecule has 0 spiro atoms. The summed E-state index contributed by atoms with van der Waals surface area (Å²) < 4.78 is 7.84. The summed E-state index contributed by atoms with van der Waals surface area (Å²) in [5, 5.41) is 5.33. The summed E-state index contributed by atoms with van der Waals surface area (Å²) in [7, 11) is 0. The Kier molecular flexibility index (Phi) is 5.06. The minimum atomic E-state index is -0.387.